The van der Waals surface area contributed by atoms with Crippen molar-refractivity contribution in [2.75, 3.05) is 4.90 Å². The van der Waals surface area contributed by atoms with Crippen LogP contribution in [-0.2, 0) is 10.3 Å². The molecule has 0 spiro atoms. The number of pyridine rings is 1. The van der Waals surface area contributed by atoms with Gasteiger partial charge in [-0.1, -0.05) is 29.8 Å². The molecule has 184 valence electrons. The van der Waals surface area contributed by atoms with Crippen LogP contribution in [0, 0.1) is 5.82 Å². The van der Waals surface area contributed by atoms with Crippen molar-refractivity contribution in [1.82, 2.24) is 10.3 Å². The molecular formula is C25H22ClF4N3O2. The Morgan fingerprint density at radius 1 is 1.09 bits per heavy atom. The van der Waals surface area contributed by atoms with Gasteiger partial charge in [-0.25, -0.2) is 9.37 Å². The largest absolute Gasteiger partial charge is 0.573 e. The Morgan fingerprint density at radius 3 is 2.40 bits per heavy atom. The number of nitrogens with zero attached hydrogens (tertiary/aromatic N) is 2. The first kappa shape index (κ1) is 24.9. The van der Waals surface area contributed by atoms with Gasteiger partial charge in [-0.15, -0.1) is 13.2 Å². The van der Waals surface area contributed by atoms with Crippen molar-refractivity contribution in [3.05, 3.63) is 89.0 Å². The molecule has 1 aromatic heterocycles. The quantitative estimate of drug-likeness (QED) is 0.321. The topological polar surface area (TPSA) is 54.5 Å². The second-order valence-corrected chi connectivity index (χ2v) is 9.14. The molecule has 1 N–H and O–H groups in total. The number of amides is 1. The normalized spacial score (nSPS) is 18.7. The third-order valence-corrected chi connectivity index (χ3v) is 6.10. The molecule has 3 aromatic rings. The molecule has 0 aliphatic carbocycles. The number of hydrogen-bond donors (Lipinski definition) is 1. The predicted molar refractivity (Wildman–Crippen MR) is 124 cm³/mol. The molecule has 5 nitrogen and oxygen atoms in total. The summed E-state index contributed by atoms with van der Waals surface area (Å²) in [6, 6.07) is 13.2. The lowest BCUT2D eigenvalue weighted by atomic mass is 9.93. The molecule has 1 saturated heterocycles. The van der Waals surface area contributed by atoms with Gasteiger partial charge in [-0.3, -0.25) is 10.1 Å². The van der Waals surface area contributed by atoms with Gasteiger partial charge in [0.25, 0.3) is 0 Å². The highest BCUT2D eigenvalue weighted by Crippen LogP contribution is 2.39. The van der Waals surface area contributed by atoms with Crippen molar-refractivity contribution in [3.63, 3.8) is 0 Å². The predicted octanol–water partition coefficient (Wildman–Crippen LogP) is 6.14. The molecule has 0 saturated carbocycles. The van der Waals surface area contributed by atoms with Crippen LogP contribution in [0.3, 0.4) is 0 Å². The van der Waals surface area contributed by atoms with Crippen molar-refractivity contribution < 1.29 is 27.1 Å². The van der Waals surface area contributed by atoms with Gasteiger partial charge < -0.3 is 9.64 Å². The Hall–Kier alpha value is -3.17. The minimum atomic E-state index is -4.83. The first-order valence-electron chi connectivity index (χ1n) is 10.8. The van der Waals surface area contributed by atoms with Crippen LogP contribution < -0.4 is 15.0 Å². The van der Waals surface area contributed by atoms with Gasteiger partial charge in [0, 0.05) is 17.4 Å². The number of carbonyl (C=O) groups excluding carboxylic acids is 1. The fourth-order valence-electron chi connectivity index (χ4n) is 4.25. The summed E-state index contributed by atoms with van der Waals surface area (Å²) in [6.07, 6.45) is -2.89. The molecule has 2 atom stereocenters. The SMILES string of the molecule is CC(C)(NC1C[C@H](c2cccc(F)c2)N(c2ccc(OC(F)(F)F)cc2)C1=O)c1ccc(Cl)nc1. The van der Waals surface area contributed by atoms with Crippen molar-refractivity contribution in [3.8, 4) is 5.75 Å². The lowest BCUT2D eigenvalue weighted by Gasteiger charge is -2.30. The van der Waals surface area contributed by atoms with E-state index in [0.717, 1.165) is 17.7 Å². The van der Waals surface area contributed by atoms with Crippen molar-refractivity contribution in [1.29, 1.82) is 0 Å². The minimum Gasteiger partial charge on any atom is -0.406 e. The lowest BCUT2D eigenvalue weighted by Crippen LogP contribution is -2.47. The van der Waals surface area contributed by atoms with Crippen molar-refractivity contribution in [2.45, 2.75) is 44.3 Å². The lowest BCUT2D eigenvalue weighted by molar-refractivity contribution is -0.274. The second kappa shape index (κ2) is 9.47. The fourth-order valence-corrected chi connectivity index (χ4v) is 4.36. The monoisotopic (exact) mass is 507 g/mol. The Labute approximate surface area is 204 Å². The average molecular weight is 508 g/mol. The molecule has 0 radical (unpaired) electrons. The number of anilines is 1. The molecule has 1 aliphatic heterocycles. The highest BCUT2D eigenvalue weighted by molar-refractivity contribution is 6.29. The summed E-state index contributed by atoms with van der Waals surface area (Å²) in [5, 5.41) is 3.70. The summed E-state index contributed by atoms with van der Waals surface area (Å²) in [5.41, 5.74) is 1.09. The number of carbonyl (C=O) groups is 1. The summed E-state index contributed by atoms with van der Waals surface area (Å²) in [4.78, 5) is 19.1. The van der Waals surface area contributed by atoms with Crippen LogP contribution in [0.4, 0.5) is 23.2 Å². The van der Waals surface area contributed by atoms with Gasteiger partial charge in [0.05, 0.1) is 12.1 Å². The number of benzene rings is 2. The van der Waals surface area contributed by atoms with Crippen LogP contribution in [0.1, 0.15) is 37.4 Å². The van der Waals surface area contributed by atoms with E-state index >= 15 is 0 Å². The van der Waals surface area contributed by atoms with E-state index in [1.165, 1.54) is 29.2 Å². The van der Waals surface area contributed by atoms with Crippen LogP contribution in [0.15, 0.2) is 66.9 Å². The summed E-state index contributed by atoms with van der Waals surface area (Å²) >= 11 is 5.89. The smallest absolute Gasteiger partial charge is 0.406 e. The number of nitrogens with one attached hydrogen (secondary N) is 1. The average Bonchev–Trinajstić information content (AvgIpc) is 3.09. The molecule has 1 aliphatic rings. The number of hydrogen-bond acceptors (Lipinski definition) is 4. The van der Waals surface area contributed by atoms with E-state index in [0.29, 0.717) is 22.8 Å². The van der Waals surface area contributed by atoms with Crippen LogP contribution in [0.25, 0.3) is 0 Å². The number of alkyl halides is 3. The molecule has 2 heterocycles. The zero-order chi connectivity index (χ0) is 25.4. The van der Waals surface area contributed by atoms with Gasteiger partial charge in [0.1, 0.15) is 16.7 Å². The number of ether oxygens (including phenoxy) is 1. The third kappa shape index (κ3) is 5.74. The van der Waals surface area contributed by atoms with Crippen molar-refractivity contribution >= 4 is 23.2 Å². The van der Waals surface area contributed by atoms with E-state index in [1.807, 2.05) is 19.9 Å². The highest BCUT2D eigenvalue weighted by Gasteiger charge is 2.43. The maximum Gasteiger partial charge on any atom is 0.573 e. The van der Waals surface area contributed by atoms with E-state index in [-0.39, 0.29) is 5.91 Å². The molecule has 0 bridgehead atoms. The molecule has 1 unspecified atom stereocenters. The standard InChI is InChI=1S/C25H22ClF4N3O2/c1-24(2,16-6-11-22(26)31-14-16)32-20-13-21(15-4-3-5-17(27)12-15)33(23(20)34)18-7-9-19(10-8-18)35-25(28,29)30/h3-12,14,20-21,32H,13H2,1-2H3/t20?,21-/m1/s1. The Morgan fingerprint density at radius 2 is 1.80 bits per heavy atom. The zero-order valence-corrected chi connectivity index (χ0v) is 19.6. The van der Waals surface area contributed by atoms with E-state index in [9.17, 15) is 22.4 Å². The van der Waals surface area contributed by atoms with E-state index in [1.54, 1.807) is 24.4 Å². The van der Waals surface area contributed by atoms with Gasteiger partial charge in [0.2, 0.25) is 5.91 Å². The van der Waals surface area contributed by atoms with Gasteiger partial charge in [0.15, 0.2) is 0 Å². The molecule has 1 amide bonds. The van der Waals surface area contributed by atoms with Gasteiger partial charge in [-0.05, 0) is 73.9 Å². The number of aromatic nitrogens is 1. The van der Waals surface area contributed by atoms with Gasteiger partial charge >= 0.3 is 6.36 Å². The van der Waals surface area contributed by atoms with Gasteiger partial charge in [-0.2, -0.15) is 0 Å². The number of halogens is 5. The zero-order valence-electron chi connectivity index (χ0n) is 18.8. The second-order valence-electron chi connectivity index (χ2n) is 8.75. The maximum absolute atomic E-state index is 14.0. The molecule has 10 heteroatoms. The van der Waals surface area contributed by atoms with Crippen LogP contribution in [0.5, 0.6) is 5.75 Å². The Bertz CT molecular complexity index is 1200. The van der Waals surface area contributed by atoms with Crippen LogP contribution in [-0.4, -0.2) is 23.3 Å². The molecule has 1 fully saturated rings. The van der Waals surface area contributed by atoms with Crippen LogP contribution in [0.2, 0.25) is 5.15 Å². The summed E-state index contributed by atoms with van der Waals surface area (Å²) < 4.78 is 55.6. The Balaban J connectivity index is 1.65. The molecule has 2 aromatic carbocycles. The Kier molecular flexibility index (Phi) is 6.75. The van der Waals surface area contributed by atoms with E-state index < -0.39 is 35.6 Å². The first-order chi connectivity index (χ1) is 16.4. The van der Waals surface area contributed by atoms with E-state index in [2.05, 4.69) is 15.0 Å². The van der Waals surface area contributed by atoms with E-state index in [4.69, 9.17) is 11.6 Å². The van der Waals surface area contributed by atoms with Crippen molar-refractivity contribution in [2.24, 2.45) is 0 Å². The summed E-state index contributed by atoms with van der Waals surface area (Å²) in [5.74, 6) is -1.15. The summed E-state index contributed by atoms with van der Waals surface area (Å²) in [6.45, 7) is 3.79. The molecular weight excluding hydrogens is 486 g/mol. The molecule has 35 heavy (non-hydrogen) atoms. The fraction of sp³-hybridized carbons (Fsp3) is 0.280. The number of rotatable bonds is 6. The molecule has 4 rings (SSSR count). The van der Waals surface area contributed by atoms with Crippen LogP contribution >= 0.6 is 11.6 Å². The minimum absolute atomic E-state index is 0.293. The third-order valence-electron chi connectivity index (χ3n) is 5.87. The highest BCUT2D eigenvalue weighted by atomic mass is 35.5. The maximum atomic E-state index is 14.0. The first-order valence-corrected chi connectivity index (χ1v) is 11.1. The summed E-state index contributed by atoms with van der Waals surface area (Å²) in [7, 11) is 0.